The number of rotatable bonds is 4. The van der Waals surface area contributed by atoms with E-state index in [2.05, 4.69) is 4.72 Å². The van der Waals surface area contributed by atoms with Crippen LogP contribution in [0, 0.1) is 18.3 Å². The molecule has 6 heteroatoms. The van der Waals surface area contributed by atoms with Gasteiger partial charge < -0.3 is 5.73 Å². The number of nitriles is 1. The summed E-state index contributed by atoms with van der Waals surface area (Å²) in [6.45, 7) is 1.94. The van der Waals surface area contributed by atoms with Gasteiger partial charge in [0.2, 0.25) is 10.0 Å². The third kappa shape index (κ3) is 3.60. The molecule has 2 aromatic carbocycles. The van der Waals surface area contributed by atoms with Gasteiger partial charge in [0.15, 0.2) is 0 Å². The molecular weight excluding hydrogens is 286 g/mol. The summed E-state index contributed by atoms with van der Waals surface area (Å²) in [5.41, 5.74) is 8.07. The summed E-state index contributed by atoms with van der Waals surface area (Å²) < 4.78 is 27.0. The van der Waals surface area contributed by atoms with Gasteiger partial charge in [-0.1, -0.05) is 18.2 Å². The molecule has 0 aliphatic heterocycles. The maximum atomic E-state index is 12.2. The molecule has 2 aromatic rings. The fourth-order valence-corrected chi connectivity index (χ4v) is 3.05. The molecule has 5 nitrogen and oxygen atoms in total. The number of sulfonamides is 1. The van der Waals surface area contributed by atoms with E-state index < -0.39 is 10.0 Å². The molecular formula is C15H15N3O2S. The molecule has 0 amide bonds. The Morgan fingerprint density at radius 2 is 2.00 bits per heavy atom. The van der Waals surface area contributed by atoms with Crippen LogP contribution in [0.1, 0.15) is 16.7 Å². The van der Waals surface area contributed by atoms with E-state index in [0.717, 1.165) is 5.56 Å². The molecule has 3 N–H and O–H groups in total. The van der Waals surface area contributed by atoms with Crippen molar-refractivity contribution < 1.29 is 8.42 Å². The summed E-state index contributed by atoms with van der Waals surface area (Å²) >= 11 is 0. The molecule has 0 spiro atoms. The van der Waals surface area contributed by atoms with Crippen molar-refractivity contribution in [3.8, 4) is 6.07 Å². The number of nitrogens with zero attached hydrogens (tertiary/aromatic N) is 1. The molecule has 0 heterocycles. The van der Waals surface area contributed by atoms with Crippen molar-refractivity contribution in [1.29, 1.82) is 5.26 Å². The van der Waals surface area contributed by atoms with Gasteiger partial charge in [0.05, 0.1) is 17.3 Å². The van der Waals surface area contributed by atoms with Crippen LogP contribution in [0.25, 0.3) is 0 Å². The van der Waals surface area contributed by atoms with Crippen LogP contribution in [-0.4, -0.2) is 8.42 Å². The van der Waals surface area contributed by atoms with Gasteiger partial charge in [0.25, 0.3) is 0 Å². The smallest absolute Gasteiger partial charge is 0.242 e. The minimum Gasteiger partial charge on any atom is -0.398 e. The number of hydrogen-bond acceptors (Lipinski definition) is 4. The van der Waals surface area contributed by atoms with Crippen LogP contribution in [0.2, 0.25) is 0 Å². The second-order valence-electron chi connectivity index (χ2n) is 4.68. The Labute approximate surface area is 124 Å². The highest BCUT2D eigenvalue weighted by atomic mass is 32.2. The van der Waals surface area contributed by atoms with E-state index in [1.807, 2.05) is 13.0 Å². The van der Waals surface area contributed by atoms with Gasteiger partial charge in [-0.15, -0.1) is 0 Å². The number of nitrogens with one attached hydrogen (secondary N) is 1. The highest BCUT2D eigenvalue weighted by molar-refractivity contribution is 7.89. The molecule has 0 atom stereocenters. The average molecular weight is 301 g/mol. The van der Waals surface area contributed by atoms with Crippen LogP contribution in [0.4, 0.5) is 5.69 Å². The standard InChI is InChI=1S/C15H15N3O2S/c1-11-5-6-15(14(17)7-11)21(19,20)18-10-13-4-2-3-12(8-13)9-16/h2-8,18H,10,17H2,1H3. The highest BCUT2D eigenvalue weighted by Crippen LogP contribution is 2.19. The normalized spacial score (nSPS) is 11.0. The van der Waals surface area contributed by atoms with Gasteiger partial charge in [0.1, 0.15) is 4.90 Å². The van der Waals surface area contributed by atoms with Gasteiger partial charge in [-0.25, -0.2) is 13.1 Å². The number of nitrogens with two attached hydrogens (primary N) is 1. The molecule has 0 unspecified atom stereocenters. The van der Waals surface area contributed by atoms with Crippen molar-refractivity contribution in [3.05, 3.63) is 59.2 Å². The van der Waals surface area contributed by atoms with Gasteiger partial charge in [-0.05, 0) is 42.3 Å². The van der Waals surface area contributed by atoms with Gasteiger partial charge in [0, 0.05) is 6.54 Å². The van der Waals surface area contributed by atoms with Gasteiger partial charge in [-0.3, -0.25) is 0 Å². The first-order valence-electron chi connectivity index (χ1n) is 6.27. The van der Waals surface area contributed by atoms with E-state index in [-0.39, 0.29) is 17.1 Å². The molecule has 21 heavy (non-hydrogen) atoms. The molecule has 0 bridgehead atoms. The quantitative estimate of drug-likeness (QED) is 0.843. The first kappa shape index (κ1) is 15.0. The Morgan fingerprint density at radius 3 is 2.67 bits per heavy atom. The summed E-state index contributed by atoms with van der Waals surface area (Å²) in [5.74, 6) is 0. The Kier molecular flexibility index (Phi) is 4.26. The average Bonchev–Trinajstić information content (AvgIpc) is 2.45. The van der Waals surface area contributed by atoms with Crippen molar-refractivity contribution in [2.45, 2.75) is 18.4 Å². The van der Waals surface area contributed by atoms with Crippen molar-refractivity contribution in [3.63, 3.8) is 0 Å². The van der Waals surface area contributed by atoms with Crippen LogP contribution in [0.15, 0.2) is 47.4 Å². The summed E-state index contributed by atoms with van der Waals surface area (Å²) in [7, 11) is -3.68. The lowest BCUT2D eigenvalue weighted by Gasteiger charge is -2.10. The summed E-state index contributed by atoms with van der Waals surface area (Å²) in [6, 6.07) is 13.6. The molecule has 2 rings (SSSR count). The minimum atomic E-state index is -3.68. The van der Waals surface area contributed by atoms with Crippen molar-refractivity contribution >= 4 is 15.7 Å². The van der Waals surface area contributed by atoms with E-state index in [4.69, 9.17) is 11.0 Å². The number of nitrogen functional groups attached to an aromatic ring is 1. The molecule has 0 aliphatic carbocycles. The summed E-state index contributed by atoms with van der Waals surface area (Å²) in [4.78, 5) is 0.0598. The second kappa shape index (κ2) is 5.95. The largest absolute Gasteiger partial charge is 0.398 e. The van der Waals surface area contributed by atoms with Crippen LogP contribution in [-0.2, 0) is 16.6 Å². The van der Waals surface area contributed by atoms with Gasteiger partial charge in [-0.2, -0.15) is 5.26 Å². The molecule has 0 fully saturated rings. The Balaban J connectivity index is 2.20. The number of aryl methyl sites for hydroxylation is 1. The monoisotopic (exact) mass is 301 g/mol. The molecule has 0 saturated carbocycles. The Morgan fingerprint density at radius 1 is 1.24 bits per heavy atom. The maximum absolute atomic E-state index is 12.2. The predicted octanol–water partition coefficient (Wildman–Crippen LogP) is 1.93. The fourth-order valence-electron chi connectivity index (χ4n) is 1.92. The predicted molar refractivity (Wildman–Crippen MR) is 80.8 cm³/mol. The van der Waals surface area contributed by atoms with E-state index in [1.54, 1.807) is 36.4 Å². The number of anilines is 1. The zero-order chi connectivity index (χ0) is 15.5. The number of hydrogen-bond donors (Lipinski definition) is 2. The zero-order valence-corrected chi connectivity index (χ0v) is 12.3. The van der Waals surface area contributed by atoms with E-state index in [0.29, 0.717) is 11.1 Å². The topological polar surface area (TPSA) is 96.0 Å². The number of benzene rings is 2. The maximum Gasteiger partial charge on any atom is 0.242 e. The molecule has 0 aliphatic rings. The van der Waals surface area contributed by atoms with Crippen LogP contribution < -0.4 is 10.5 Å². The first-order valence-corrected chi connectivity index (χ1v) is 7.75. The SMILES string of the molecule is Cc1ccc(S(=O)(=O)NCc2cccc(C#N)c2)c(N)c1. The third-order valence-electron chi connectivity index (χ3n) is 2.98. The molecule has 108 valence electrons. The van der Waals surface area contributed by atoms with Crippen LogP contribution in [0.3, 0.4) is 0 Å². The van der Waals surface area contributed by atoms with E-state index in [1.165, 1.54) is 6.07 Å². The summed E-state index contributed by atoms with van der Waals surface area (Å²) in [6.07, 6.45) is 0. The lowest BCUT2D eigenvalue weighted by atomic mass is 10.1. The molecule has 0 aromatic heterocycles. The molecule has 0 radical (unpaired) electrons. The minimum absolute atomic E-state index is 0.0598. The van der Waals surface area contributed by atoms with Crippen LogP contribution >= 0.6 is 0 Å². The third-order valence-corrected chi connectivity index (χ3v) is 4.45. The lowest BCUT2D eigenvalue weighted by molar-refractivity contribution is 0.581. The zero-order valence-electron chi connectivity index (χ0n) is 11.5. The Bertz CT molecular complexity index is 808. The highest BCUT2D eigenvalue weighted by Gasteiger charge is 2.16. The van der Waals surface area contributed by atoms with E-state index in [9.17, 15) is 8.42 Å². The van der Waals surface area contributed by atoms with Crippen molar-refractivity contribution in [2.24, 2.45) is 0 Å². The van der Waals surface area contributed by atoms with Crippen molar-refractivity contribution in [1.82, 2.24) is 4.72 Å². The van der Waals surface area contributed by atoms with Crippen LogP contribution in [0.5, 0.6) is 0 Å². The second-order valence-corrected chi connectivity index (χ2v) is 6.41. The Hall–Kier alpha value is -2.36. The van der Waals surface area contributed by atoms with E-state index >= 15 is 0 Å². The first-order chi connectivity index (χ1) is 9.92. The van der Waals surface area contributed by atoms with Crippen molar-refractivity contribution in [2.75, 3.05) is 5.73 Å². The fraction of sp³-hybridized carbons (Fsp3) is 0.133. The lowest BCUT2D eigenvalue weighted by Crippen LogP contribution is -2.24. The molecule has 0 saturated heterocycles. The summed E-state index contributed by atoms with van der Waals surface area (Å²) in [5, 5.41) is 8.83. The van der Waals surface area contributed by atoms with Gasteiger partial charge >= 0.3 is 0 Å².